The number of hydrogen-bond donors (Lipinski definition) is 0. The average molecular weight is 285 g/mol. The van der Waals surface area contributed by atoms with Crippen LogP contribution in [0.25, 0.3) is 0 Å². The molecule has 1 nitrogen and oxygen atoms in total. The van der Waals surface area contributed by atoms with Crippen LogP contribution >= 0.6 is 25.8 Å². The second kappa shape index (κ2) is 22.4. The molecule has 0 unspecified atom stereocenters. The lowest BCUT2D eigenvalue weighted by atomic mass is 11.0. The van der Waals surface area contributed by atoms with Gasteiger partial charge in [0.25, 0.3) is 0 Å². The Bertz CT molecular complexity index is 24.5. The molecule has 0 aromatic heterocycles. The fourth-order valence-electron chi connectivity index (χ4n) is 0. The van der Waals surface area contributed by atoms with Crippen LogP contribution in [-0.2, 0) is 0 Å². The third kappa shape index (κ3) is 37.7. The molecule has 0 heterocycles. The van der Waals surface area contributed by atoms with Gasteiger partial charge in [0.05, 0.1) is 0 Å². The van der Waals surface area contributed by atoms with Crippen molar-refractivity contribution in [2.75, 3.05) is 0 Å². The van der Waals surface area contributed by atoms with Crippen molar-refractivity contribution in [2.45, 2.75) is 22.9 Å². The van der Waals surface area contributed by atoms with Crippen molar-refractivity contribution in [3.8, 4) is 0 Å². The van der Waals surface area contributed by atoms with Crippen molar-refractivity contribution < 1.29 is 5.48 Å². The standard InChI is InChI=1S/2C2H5.2BrH.2Mg.H2O/c2*1-2;;;;;/h2*1H2,2H3;2*1H;;;1H2/q;;;;2*+1;/p-2. The molecule has 0 atom stereocenters. The lowest BCUT2D eigenvalue weighted by Gasteiger charge is -1.59. The van der Waals surface area contributed by atoms with Crippen LogP contribution in [0, 0.1) is 0 Å². The molecule has 2 N–H and O–H groups in total. The van der Waals surface area contributed by atoms with E-state index < -0.39 is 0 Å². The summed E-state index contributed by atoms with van der Waals surface area (Å²) in [4.78, 5) is 0. The molecule has 0 amide bonds. The summed E-state index contributed by atoms with van der Waals surface area (Å²) in [6.07, 6.45) is 0. The van der Waals surface area contributed by atoms with Crippen LogP contribution in [0.15, 0.2) is 0 Å². The van der Waals surface area contributed by atoms with E-state index in [2.05, 4.69) is 39.6 Å². The third-order valence-electron chi connectivity index (χ3n) is 0.378. The first kappa shape index (κ1) is 17.5. The quantitative estimate of drug-likeness (QED) is 0.695. The zero-order valence-electron chi connectivity index (χ0n) is 6.08. The molecule has 9 heavy (non-hydrogen) atoms. The van der Waals surface area contributed by atoms with Crippen molar-refractivity contribution in [1.82, 2.24) is 0 Å². The highest BCUT2D eigenvalue weighted by atomic mass is 79.9. The van der Waals surface area contributed by atoms with Crippen molar-refractivity contribution in [1.29, 1.82) is 0 Å². The van der Waals surface area contributed by atoms with Crippen LogP contribution < -0.4 is 0 Å². The summed E-state index contributed by atoms with van der Waals surface area (Å²) in [7, 11) is 0. The first-order valence-electron chi connectivity index (χ1n) is 2.95. The summed E-state index contributed by atoms with van der Waals surface area (Å²) >= 11 is 7.25. The van der Waals surface area contributed by atoms with Crippen molar-refractivity contribution in [2.24, 2.45) is 0 Å². The summed E-state index contributed by atoms with van der Waals surface area (Å²) in [5.41, 5.74) is 0. The maximum absolute atomic E-state index is 3.39. The monoisotopic (exact) mass is 282 g/mol. The topological polar surface area (TPSA) is 31.5 Å². The lowest BCUT2D eigenvalue weighted by Crippen LogP contribution is -1.60. The third-order valence-corrected chi connectivity index (χ3v) is 5.89. The van der Waals surface area contributed by atoms with Gasteiger partial charge in [0.15, 0.2) is 0 Å². The predicted molar refractivity (Wildman–Crippen MR) is 53.9 cm³/mol. The molecular weight excluding hydrogens is 272 g/mol. The lowest BCUT2D eigenvalue weighted by molar-refractivity contribution is 0.824. The SMILES string of the molecule is C[CH2][Mg][Br].C[CH2][Mg][Br].O. The summed E-state index contributed by atoms with van der Waals surface area (Å²) in [5, 5.41) is 0. The Hall–Kier alpha value is 2.45. The van der Waals surface area contributed by atoms with Crippen LogP contribution in [0.5, 0.6) is 0 Å². The summed E-state index contributed by atoms with van der Waals surface area (Å²) in [6, 6.07) is 0. The Morgan fingerprint density at radius 3 is 1.11 bits per heavy atom. The molecule has 0 aromatic carbocycles. The normalized spacial score (nSPS) is 4.89. The van der Waals surface area contributed by atoms with Gasteiger partial charge in [-0.15, -0.1) is 9.10 Å². The second-order valence-electron chi connectivity index (χ2n) is 1.38. The fourth-order valence-corrected chi connectivity index (χ4v) is 0. The van der Waals surface area contributed by atoms with Crippen LogP contribution in [0.3, 0.4) is 0 Å². The van der Waals surface area contributed by atoms with Crippen LogP contribution in [0.4, 0.5) is 0 Å². The van der Waals surface area contributed by atoms with Crippen molar-refractivity contribution in [3.63, 3.8) is 0 Å². The van der Waals surface area contributed by atoms with Crippen LogP contribution in [0.2, 0.25) is 9.10 Å². The minimum Gasteiger partial charge on any atom is -0.412 e. The molecular formula is C4H12Br2Mg2O. The van der Waals surface area contributed by atoms with Gasteiger partial charge in [-0.05, 0) is 0 Å². The first-order chi connectivity index (χ1) is 3.83. The Labute approximate surface area is 89.2 Å². The highest BCUT2D eigenvalue weighted by Gasteiger charge is 1.73. The maximum Gasteiger partial charge on any atom is 0.468 e. The molecule has 0 aliphatic rings. The van der Waals surface area contributed by atoms with Gasteiger partial charge in [-0.25, -0.2) is 0 Å². The number of rotatable bonds is 2. The average Bonchev–Trinajstić information content (AvgIpc) is 1.88. The molecule has 0 spiro atoms. The van der Waals surface area contributed by atoms with Crippen LogP contribution in [-0.4, -0.2) is 41.9 Å². The molecule has 0 fully saturated rings. The Kier molecular flexibility index (Phi) is 43.7. The molecule has 0 rings (SSSR count). The molecule has 0 aromatic rings. The van der Waals surface area contributed by atoms with E-state index in [1.165, 1.54) is 9.10 Å². The van der Waals surface area contributed by atoms with Gasteiger partial charge < -0.3 is 31.2 Å². The zero-order chi connectivity index (χ0) is 6.83. The molecule has 0 saturated heterocycles. The smallest absolute Gasteiger partial charge is 0.412 e. The molecule has 0 saturated carbocycles. The van der Waals surface area contributed by atoms with E-state index in [0.29, 0.717) is 0 Å². The van der Waals surface area contributed by atoms with E-state index in [1.54, 1.807) is 0 Å². The number of hydrogen-bond acceptors (Lipinski definition) is 0. The van der Waals surface area contributed by atoms with E-state index >= 15 is 0 Å². The largest absolute Gasteiger partial charge is 0.468 e. The van der Waals surface area contributed by atoms with Gasteiger partial charge in [-0.3, -0.25) is 0 Å². The van der Waals surface area contributed by atoms with Gasteiger partial charge in [-0.1, -0.05) is 13.8 Å². The highest BCUT2D eigenvalue weighted by molar-refractivity contribution is 9.23. The maximum atomic E-state index is 3.39. The Balaban J connectivity index is -0.0000000720. The summed E-state index contributed by atoms with van der Waals surface area (Å²) < 4.78 is 2.75. The molecule has 0 aliphatic carbocycles. The summed E-state index contributed by atoms with van der Waals surface area (Å²) in [5.74, 6) is 0. The molecule has 52 valence electrons. The predicted octanol–water partition coefficient (Wildman–Crippen LogP) is 2.05. The fraction of sp³-hybridized carbons (Fsp3) is 1.00. The van der Waals surface area contributed by atoms with E-state index in [-0.39, 0.29) is 41.9 Å². The van der Waals surface area contributed by atoms with Crippen molar-refractivity contribution >= 4 is 62.2 Å². The zero-order valence-corrected chi connectivity index (χ0v) is 12.1. The molecule has 5 heteroatoms. The van der Waals surface area contributed by atoms with Gasteiger partial charge in [0.1, 0.15) is 0 Å². The number of halogens is 2. The Morgan fingerprint density at radius 1 is 1.00 bits per heavy atom. The van der Waals surface area contributed by atoms with Crippen LogP contribution in [0.1, 0.15) is 13.8 Å². The molecule has 0 aliphatic heterocycles. The molecule has 0 radical (unpaired) electrons. The minimum atomic E-state index is 0. The van der Waals surface area contributed by atoms with Crippen molar-refractivity contribution in [3.05, 3.63) is 0 Å². The van der Waals surface area contributed by atoms with Gasteiger partial charge >= 0.3 is 36.4 Å². The minimum absolute atomic E-state index is 0. The highest BCUT2D eigenvalue weighted by Crippen LogP contribution is 1.77. The van der Waals surface area contributed by atoms with E-state index in [1.807, 2.05) is 0 Å². The van der Waals surface area contributed by atoms with E-state index in [0.717, 1.165) is 0 Å². The first-order valence-corrected chi connectivity index (χ1v) is 12.7. The van der Waals surface area contributed by atoms with Gasteiger partial charge in [0.2, 0.25) is 0 Å². The van der Waals surface area contributed by atoms with Gasteiger partial charge in [0, 0.05) is 0 Å². The second-order valence-corrected chi connectivity index (χ2v) is 8.89. The van der Waals surface area contributed by atoms with E-state index in [4.69, 9.17) is 0 Å². The molecule has 0 bridgehead atoms. The van der Waals surface area contributed by atoms with Gasteiger partial charge in [-0.2, -0.15) is 0 Å². The summed E-state index contributed by atoms with van der Waals surface area (Å²) in [6.45, 7) is 4.39. The van der Waals surface area contributed by atoms with E-state index in [9.17, 15) is 0 Å². The Morgan fingerprint density at radius 2 is 1.11 bits per heavy atom.